The summed E-state index contributed by atoms with van der Waals surface area (Å²) in [4.78, 5) is 0. The van der Waals surface area contributed by atoms with Crippen molar-refractivity contribution in [2.75, 3.05) is 18.8 Å². The van der Waals surface area contributed by atoms with Crippen LogP contribution in [-0.4, -0.2) is 27.3 Å². The van der Waals surface area contributed by atoms with Gasteiger partial charge in [0, 0.05) is 6.54 Å². The Hall–Kier alpha value is -0.130. The van der Waals surface area contributed by atoms with E-state index in [1.807, 2.05) is 0 Å². The van der Waals surface area contributed by atoms with Gasteiger partial charge in [0.25, 0.3) is 0 Å². The highest BCUT2D eigenvalue weighted by Gasteiger charge is 2.11. The van der Waals surface area contributed by atoms with Gasteiger partial charge in [0.2, 0.25) is 10.0 Å². The maximum Gasteiger partial charge on any atom is 0.211 e. The number of nitrogens with two attached hydrogens (primary N) is 1. The molecule has 0 aromatic heterocycles. The van der Waals surface area contributed by atoms with E-state index in [0.717, 1.165) is 19.3 Å². The molecule has 0 amide bonds. The average molecular weight is 222 g/mol. The van der Waals surface area contributed by atoms with Crippen LogP contribution in [0.3, 0.4) is 0 Å². The van der Waals surface area contributed by atoms with Gasteiger partial charge in [0.05, 0.1) is 5.75 Å². The van der Waals surface area contributed by atoms with Gasteiger partial charge in [-0.25, -0.2) is 13.1 Å². The normalized spacial score (nSPS) is 14.2. The summed E-state index contributed by atoms with van der Waals surface area (Å²) in [7, 11) is -3.04. The van der Waals surface area contributed by atoms with Crippen molar-refractivity contribution in [2.24, 2.45) is 11.7 Å². The van der Waals surface area contributed by atoms with Crippen LogP contribution in [0.4, 0.5) is 0 Å². The van der Waals surface area contributed by atoms with Crippen molar-refractivity contribution in [3.63, 3.8) is 0 Å². The summed E-state index contributed by atoms with van der Waals surface area (Å²) < 4.78 is 24.9. The summed E-state index contributed by atoms with van der Waals surface area (Å²) in [5, 5.41) is 0. The Bertz CT molecular complexity index is 221. The lowest BCUT2D eigenvalue weighted by molar-refractivity contribution is 0.443. The minimum absolute atomic E-state index is 0.147. The molecule has 0 radical (unpaired) electrons. The molecule has 0 aliphatic heterocycles. The first-order valence-electron chi connectivity index (χ1n) is 5.23. The van der Waals surface area contributed by atoms with Crippen LogP contribution >= 0.6 is 0 Å². The molecule has 0 saturated heterocycles. The molecule has 1 atom stereocenters. The fourth-order valence-corrected chi connectivity index (χ4v) is 2.03. The van der Waals surface area contributed by atoms with Crippen molar-refractivity contribution in [1.82, 2.24) is 4.72 Å². The van der Waals surface area contributed by atoms with E-state index in [0.29, 0.717) is 19.0 Å². The number of hydrogen-bond donors (Lipinski definition) is 2. The molecule has 0 aliphatic rings. The molecule has 3 N–H and O–H groups in total. The quantitative estimate of drug-likeness (QED) is 0.634. The van der Waals surface area contributed by atoms with Gasteiger partial charge in [0.15, 0.2) is 0 Å². The molecule has 0 fully saturated rings. The van der Waals surface area contributed by atoms with Gasteiger partial charge in [0.1, 0.15) is 0 Å². The van der Waals surface area contributed by atoms with E-state index in [1.54, 1.807) is 6.92 Å². The smallest absolute Gasteiger partial charge is 0.211 e. The monoisotopic (exact) mass is 222 g/mol. The molecule has 4 nitrogen and oxygen atoms in total. The number of sulfonamides is 1. The lowest BCUT2D eigenvalue weighted by Crippen LogP contribution is -2.31. The maximum atomic E-state index is 11.2. The summed E-state index contributed by atoms with van der Waals surface area (Å²) >= 11 is 0. The summed E-state index contributed by atoms with van der Waals surface area (Å²) in [6.07, 6.45) is 2.99. The van der Waals surface area contributed by atoms with Crippen LogP contribution in [0.2, 0.25) is 0 Å². The summed E-state index contributed by atoms with van der Waals surface area (Å²) in [6.45, 7) is 4.89. The summed E-state index contributed by atoms with van der Waals surface area (Å²) in [6, 6.07) is 0. The Morgan fingerprint density at radius 3 is 2.36 bits per heavy atom. The van der Waals surface area contributed by atoms with Gasteiger partial charge in [-0.3, -0.25) is 0 Å². The van der Waals surface area contributed by atoms with Crippen LogP contribution in [0.5, 0.6) is 0 Å². The molecular weight excluding hydrogens is 200 g/mol. The number of nitrogens with one attached hydrogen (secondary N) is 1. The Labute approximate surface area is 87.3 Å². The van der Waals surface area contributed by atoms with Gasteiger partial charge in [-0.05, 0) is 32.2 Å². The zero-order valence-electron chi connectivity index (χ0n) is 9.12. The fraction of sp³-hybridized carbons (Fsp3) is 1.00. The molecule has 0 bridgehead atoms. The molecule has 86 valence electrons. The fourth-order valence-electron chi connectivity index (χ4n) is 1.34. The van der Waals surface area contributed by atoms with Gasteiger partial charge >= 0.3 is 0 Å². The molecule has 0 saturated carbocycles. The van der Waals surface area contributed by atoms with E-state index in [4.69, 9.17) is 5.73 Å². The Balaban J connectivity index is 3.92. The highest BCUT2D eigenvalue weighted by molar-refractivity contribution is 7.89. The lowest BCUT2D eigenvalue weighted by Gasteiger charge is -2.15. The second-order valence-electron chi connectivity index (χ2n) is 3.48. The Morgan fingerprint density at radius 1 is 1.29 bits per heavy atom. The van der Waals surface area contributed by atoms with Crippen molar-refractivity contribution in [3.05, 3.63) is 0 Å². The third-order valence-corrected chi connectivity index (χ3v) is 3.61. The van der Waals surface area contributed by atoms with Crippen LogP contribution in [-0.2, 0) is 10.0 Å². The van der Waals surface area contributed by atoms with Crippen LogP contribution in [0, 0.1) is 5.92 Å². The third-order valence-electron chi connectivity index (χ3n) is 2.24. The van der Waals surface area contributed by atoms with Crippen molar-refractivity contribution in [2.45, 2.75) is 33.1 Å². The van der Waals surface area contributed by atoms with E-state index in [-0.39, 0.29) is 5.75 Å². The first-order chi connectivity index (χ1) is 6.55. The zero-order valence-corrected chi connectivity index (χ0v) is 9.94. The van der Waals surface area contributed by atoms with E-state index in [1.165, 1.54) is 0 Å². The van der Waals surface area contributed by atoms with Crippen molar-refractivity contribution >= 4 is 10.0 Å². The first-order valence-corrected chi connectivity index (χ1v) is 6.88. The molecule has 14 heavy (non-hydrogen) atoms. The van der Waals surface area contributed by atoms with Crippen molar-refractivity contribution in [1.29, 1.82) is 0 Å². The number of hydrogen-bond acceptors (Lipinski definition) is 3. The van der Waals surface area contributed by atoms with Gasteiger partial charge < -0.3 is 5.73 Å². The lowest BCUT2D eigenvalue weighted by atomic mass is 10.0. The predicted molar refractivity (Wildman–Crippen MR) is 59.5 cm³/mol. The van der Waals surface area contributed by atoms with Crippen molar-refractivity contribution < 1.29 is 8.42 Å². The van der Waals surface area contributed by atoms with Gasteiger partial charge in [-0.1, -0.05) is 13.3 Å². The highest BCUT2D eigenvalue weighted by Crippen LogP contribution is 2.09. The summed E-state index contributed by atoms with van der Waals surface area (Å²) in [5.41, 5.74) is 5.45. The van der Waals surface area contributed by atoms with Crippen LogP contribution in [0.15, 0.2) is 0 Å². The van der Waals surface area contributed by atoms with E-state index < -0.39 is 10.0 Å². The van der Waals surface area contributed by atoms with E-state index in [9.17, 15) is 8.42 Å². The molecule has 0 aliphatic carbocycles. The topological polar surface area (TPSA) is 72.2 Å². The second kappa shape index (κ2) is 7.20. The molecule has 0 aromatic rings. The van der Waals surface area contributed by atoms with Gasteiger partial charge in [-0.15, -0.1) is 0 Å². The molecule has 1 unspecified atom stereocenters. The third kappa shape index (κ3) is 6.34. The largest absolute Gasteiger partial charge is 0.330 e. The number of rotatable bonds is 8. The van der Waals surface area contributed by atoms with Crippen LogP contribution < -0.4 is 10.5 Å². The predicted octanol–water partition coefficient (Wildman–Crippen LogP) is 0.691. The van der Waals surface area contributed by atoms with Crippen molar-refractivity contribution in [3.8, 4) is 0 Å². The van der Waals surface area contributed by atoms with E-state index >= 15 is 0 Å². The standard InChI is InChI=1S/C9H22N2O2S/c1-3-5-9(6-7-10)8-11-14(12,13)4-2/h9,11H,3-8,10H2,1-2H3. The van der Waals surface area contributed by atoms with E-state index in [2.05, 4.69) is 11.6 Å². The minimum atomic E-state index is -3.04. The molecule has 5 heteroatoms. The zero-order chi connectivity index (χ0) is 11.0. The average Bonchev–Trinajstić information content (AvgIpc) is 2.15. The second-order valence-corrected chi connectivity index (χ2v) is 5.58. The molecule has 0 heterocycles. The Morgan fingerprint density at radius 2 is 1.93 bits per heavy atom. The van der Waals surface area contributed by atoms with Crippen LogP contribution in [0.25, 0.3) is 0 Å². The maximum absolute atomic E-state index is 11.2. The minimum Gasteiger partial charge on any atom is -0.330 e. The molecule has 0 spiro atoms. The molecule has 0 rings (SSSR count). The molecular formula is C9H22N2O2S. The summed E-state index contributed by atoms with van der Waals surface area (Å²) in [5.74, 6) is 0.528. The highest BCUT2D eigenvalue weighted by atomic mass is 32.2. The Kier molecular flexibility index (Phi) is 7.13. The SMILES string of the molecule is CCCC(CCN)CNS(=O)(=O)CC. The molecule has 0 aromatic carbocycles. The van der Waals surface area contributed by atoms with Gasteiger partial charge in [-0.2, -0.15) is 0 Å². The van der Waals surface area contributed by atoms with Crippen LogP contribution in [0.1, 0.15) is 33.1 Å². The first kappa shape index (κ1) is 13.9.